The molecule has 0 spiro atoms. The summed E-state index contributed by atoms with van der Waals surface area (Å²) in [6.07, 6.45) is 8.50. The Hall–Kier alpha value is -0.790. The number of allylic oxidation sites excluding steroid dienone is 1. The Morgan fingerprint density at radius 2 is 1.78 bits per heavy atom. The molecule has 0 N–H and O–H groups in total. The van der Waals surface area contributed by atoms with E-state index < -0.39 is 0 Å². The van der Waals surface area contributed by atoms with E-state index in [1.807, 2.05) is 20.8 Å². The molecule has 0 saturated heterocycles. The quantitative estimate of drug-likeness (QED) is 0.538. The van der Waals surface area contributed by atoms with Crippen LogP contribution in [0.3, 0.4) is 0 Å². The van der Waals surface area contributed by atoms with Gasteiger partial charge in [0.1, 0.15) is 5.60 Å². The van der Waals surface area contributed by atoms with Crippen LogP contribution < -0.4 is 0 Å². The highest BCUT2D eigenvalue weighted by atomic mass is 16.6. The summed E-state index contributed by atoms with van der Waals surface area (Å²) in [6, 6.07) is 0. The highest BCUT2D eigenvalue weighted by Gasteiger charge is 2.38. The number of ether oxygens (including phenoxy) is 1. The summed E-state index contributed by atoms with van der Waals surface area (Å²) < 4.78 is 5.93. The molecule has 18 heavy (non-hydrogen) atoms. The lowest BCUT2D eigenvalue weighted by molar-refractivity contribution is -0.168. The summed E-state index contributed by atoms with van der Waals surface area (Å²) in [5, 5.41) is 0. The second-order valence-electron chi connectivity index (χ2n) is 6.47. The molecule has 0 aromatic heterocycles. The van der Waals surface area contributed by atoms with Gasteiger partial charge >= 0.3 is 5.97 Å². The highest BCUT2D eigenvalue weighted by molar-refractivity contribution is 5.76. The van der Waals surface area contributed by atoms with Gasteiger partial charge in [-0.25, -0.2) is 0 Å². The zero-order chi connectivity index (χ0) is 13.8. The molecule has 0 atom stereocenters. The van der Waals surface area contributed by atoms with Crippen LogP contribution in [0.25, 0.3) is 0 Å². The van der Waals surface area contributed by atoms with E-state index in [1.165, 1.54) is 12.0 Å². The van der Waals surface area contributed by atoms with Gasteiger partial charge in [-0.3, -0.25) is 4.79 Å². The van der Waals surface area contributed by atoms with Gasteiger partial charge in [0.2, 0.25) is 0 Å². The Morgan fingerprint density at radius 1 is 1.22 bits per heavy atom. The van der Waals surface area contributed by atoms with E-state index >= 15 is 0 Å². The van der Waals surface area contributed by atoms with Crippen LogP contribution in [0.1, 0.15) is 73.1 Å². The van der Waals surface area contributed by atoms with Crippen LogP contribution in [0.5, 0.6) is 0 Å². The maximum Gasteiger partial charge on any atom is 0.312 e. The molecule has 0 bridgehead atoms. The third-order valence-electron chi connectivity index (χ3n) is 3.98. The Labute approximate surface area is 112 Å². The van der Waals surface area contributed by atoms with E-state index in [4.69, 9.17) is 4.74 Å². The fourth-order valence-electron chi connectivity index (χ4n) is 2.42. The number of hydrogen-bond acceptors (Lipinski definition) is 2. The first-order valence-corrected chi connectivity index (χ1v) is 7.21. The molecule has 0 heterocycles. The van der Waals surface area contributed by atoms with Gasteiger partial charge in [0, 0.05) is 0 Å². The molecule has 1 aliphatic rings. The molecule has 2 heteroatoms. The van der Waals surface area contributed by atoms with Crippen LogP contribution in [0, 0.1) is 5.41 Å². The number of hydrogen-bond donors (Lipinski definition) is 0. The first-order chi connectivity index (χ1) is 8.31. The largest absolute Gasteiger partial charge is 0.454 e. The molecule has 0 amide bonds. The fraction of sp³-hybridized carbons (Fsp3) is 0.812. The van der Waals surface area contributed by atoms with Gasteiger partial charge in [0.15, 0.2) is 0 Å². The average Bonchev–Trinajstić information content (AvgIpc) is 2.28. The average molecular weight is 252 g/mol. The molecule has 0 radical (unpaired) electrons. The number of carbonyl (C=O) groups excluding carboxylic acids is 1. The van der Waals surface area contributed by atoms with Gasteiger partial charge in [-0.1, -0.05) is 18.9 Å². The topological polar surface area (TPSA) is 26.3 Å². The predicted molar refractivity (Wildman–Crippen MR) is 75.4 cm³/mol. The third kappa shape index (κ3) is 3.86. The number of carbonyl (C=O) groups is 1. The number of rotatable bonds is 4. The summed E-state index contributed by atoms with van der Waals surface area (Å²) in [5.41, 5.74) is 0.527. The third-order valence-corrected chi connectivity index (χ3v) is 3.98. The van der Waals surface area contributed by atoms with Crippen molar-refractivity contribution in [3.05, 3.63) is 11.6 Å². The molecule has 1 saturated carbocycles. The number of esters is 1. The van der Waals surface area contributed by atoms with Gasteiger partial charge in [0.25, 0.3) is 0 Å². The molecular formula is C16H28O2. The summed E-state index contributed by atoms with van der Waals surface area (Å²) >= 11 is 0. The zero-order valence-electron chi connectivity index (χ0n) is 12.6. The van der Waals surface area contributed by atoms with Gasteiger partial charge in [-0.2, -0.15) is 0 Å². The summed E-state index contributed by atoms with van der Waals surface area (Å²) in [6.45, 7) is 10.1. The molecule has 0 aromatic carbocycles. The summed E-state index contributed by atoms with van der Waals surface area (Å²) in [4.78, 5) is 12.3. The van der Waals surface area contributed by atoms with Crippen LogP contribution in [0.4, 0.5) is 0 Å². The van der Waals surface area contributed by atoms with E-state index in [-0.39, 0.29) is 17.0 Å². The minimum absolute atomic E-state index is 0.0515. The Bertz CT molecular complexity index is 316. The Morgan fingerprint density at radius 3 is 2.22 bits per heavy atom. The van der Waals surface area contributed by atoms with Crippen LogP contribution in [0.2, 0.25) is 0 Å². The monoisotopic (exact) mass is 252 g/mol. The lowest BCUT2D eigenvalue weighted by Crippen LogP contribution is -2.40. The van der Waals surface area contributed by atoms with Crippen molar-refractivity contribution >= 4 is 5.97 Å². The van der Waals surface area contributed by atoms with Crippen LogP contribution in [-0.2, 0) is 9.53 Å². The Balaban J connectivity index is 2.86. The summed E-state index contributed by atoms with van der Waals surface area (Å²) in [5.74, 6) is -0.0515. The molecule has 0 aliphatic heterocycles. The van der Waals surface area contributed by atoms with Crippen LogP contribution >= 0.6 is 0 Å². The van der Waals surface area contributed by atoms with E-state index in [0.717, 1.165) is 32.1 Å². The second-order valence-corrected chi connectivity index (χ2v) is 6.47. The van der Waals surface area contributed by atoms with Crippen LogP contribution in [-0.4, -0.2) is 11.6 Å². The van der Waals surface area contributed by atoms with Gasteiger partial charge < -0.3 is 4.74 Å². The molecular weight excluding hydrogens is 224 g/mol. The van der Waals surface area contributed by atoms with Crippen LogP contribution in [0.15, 0.2) is 11.6 Å². The standard InChI is InChI=1S/C16H28O2/c1-6-15(4,5)14(17)18-16(12-13(2)3)10-8-7-9-11-16/h12H,6-11H2,1-5H3. The lowest BCUT2D eigenvalue weighted by atomic mass is 9.82. The van der Waals surface area contributed by atoms with Crippen molar-refractivity contribution in [2.45, 2.75) is 78.7 Å². The molecule has 2 nitrogen and oxygen atoms in total. The van der Waals surface area contributed by atoms with Crippen molar-refractivity contribution in [3.8, 4) is 0 Å². The highest BCUT2D eigenvalue weighted by Crippen LogP contribution is 2.36. The molecule has 0 unspecified atom stereocenters. The predicted octanol–water partition coefficient (Wildman–Crippen LogP) is 4.63. The van der Waals surface area contributed by atoms with Crippen molar-refractivity contribution in [3.63, 3.8) is 0 Å². The maximum absolute atomic E-state index is 12.3. The summed E-state index contributed by atoms with van der Waals surface area (Å²) in [7, 11) is 0. The van der Waals surface area contributed by atoms with E-state index in [2.05, 4.69) is 19.9 Å². The fourth-order valence-corrected chi connectivity index (χ4v) is 2.42. The van der Waals surface area contributed by atoms with E-state index in [1.54, 1.807) is 0 Å². The van der Waals surface area contributed by atoms with Gasteiger partial charge in [-0.05, 0) is 65.9 Å². The van der Waals surface area contributed by atoms with E-state index in [9.17, 15) is 4.79 Å². The van der Waals surface area contributed by atoms with Crippen molar-refractivity contribution in [1.82, 2.24) is 0 Å². The maximum atomic E-state index is 12.3. The smallest absolute Gasteiger partial charge is 0.312 e. The van der Waals surface area contributed by atoms with Crippen molar-refractivity contribution in [2.75, 3.05) is 0 Å². The molecule has 104 valence electrons. The SMILES string of the molecule is CCC(C)(C)C(=O)OC1(C=C(C)C)CCCCC1. The van der Waals surface area contributed by atoms with Crippen molar-refractivity contribution < 1.29 is 9.53 Å². The normalized spacial score (nSPS) is 19.2. The first-order valence-electron chi connectivity index (χ1n) is 7.21. The first kappa shape index (κ1) is 15.3. The van der Waals surface area contributed by atoms with Gasteiger partial charge in [0.05, 0.1) is 5.41 Å². The zero-order valence-corrected chi connectivity index (χ0v) is 12.6. The molecule has 1 aliphatic carbocycles. The van der Waals surface area contributed by atoms with Gasteiger partial charge in [-0.15, -0.1) is 0 Å². The van der Waals surface area contributed by atoms with Crippen molar-refractivity contribution in [1.29, 1.82) is 0 Å². The lowest BCUT2D eigenvalue weighted by Gasteiger charge is -2.37. The second kappa shape index (κ2) is 5.90. The molecule has 0 aromatic rings. The molecule has 1 rings (SSSR count). The molecule has 1 fully saturated rings. The Kier molecular flexibility index (Phi) is 5.01. The minimum Gasteiger partial charge on any atom is -0.454 e. The minimum atomic E-state index is -0.375. The van der Waals surface area contributed by atoms with E-state index in [0.29, 0.717) is 0 Å². The van der Waals surface area contributed by atoms with Crippen molar-refractivity contribution in [2.24, 2.45) is 5.41 Å².